The molecular weight excluding hydrogens is 364 g/mol. The molecule has 2 bridgehead atoms. The molecule has 6 nitrogen and oxygen atoms in total. The van der Waals surface area contributed by atoms with Crippen molar-refractivity contribution in [3.05, 3.63) is 60.4 Å². The van der Waals surface area contributed by atoms with Crippen LogP contribution < -0.4 is 10.1 Å². The molecule has 3 aromatic rings. The molecule has 1 amide bonds. The average molecular weight is 390 g/mol. The van der Waals surface area contributed by atoms with Gasteiger partial charge in [-0.05, 0) is 50.1 Å². The Kier molecular flexibility index (Phi) is 4.94. The van der Waals surface area contributed by atoms with Crippen molar-refractivity contribution in [1.82, 2.24) is 19.8 Å². The summed E-state index contributed by atoms with van der Waals surface area (Å²) >= 11 is 0. The smallest absolute Gasteiger partial charge is 0.243 e. The van der Waals surface area contributed by atoms with Crippen LogP contribution in [0.4, 0.5) is 0 Å². The number of ether oxygens (including phenoxy) is 1. The zero-order valence-corrected chi connectivity index (χ0v) is 16.5. The van der Waals surface area contributed by atoms with Crippen LogP contribution in [0.15, 0.2) is 54.6 Å². The van der Waals surface area contributed by atoms with Crippen LogP contribution in [0.25, 0.3) is 11.0 Å². The zero-order valence-electron chi connectivity index (χ0n) is 16.5. The highest BCUT2D eigenvalue weighted by molar-refractivity contribution is 5.81. The Morgan fingerprint density at radius 2 is 1.83 bits per heavy atom. The number of benzene rings is 2. The van der Waals surface area contributed by atoms with E-state index in [1.54, 1.807) is 0 Å². The van der Waals surface area contributed by atoms with Crippen LogP contribution in [-0.2, 0) is 17.9 Å². The van der Waals surface area contributed by atoms with Crippen molar-refractivity contribution in [3.63, 3.8) is 0 Å². The first-order chi connectivity index (χ1) is 14.3. The minimum atomic E-state index is 0.185. The molecular formula is C23H26N4O2. The highest BCUT2D eigenvalue weighted by Crippen LogP contribution is 2.29. The first-order valence-corrected chi connectivity index (χ1v) is 10.4. The SMILES string of the molecule is O=C(Cn1c(COc2ccccc2)nc2ccccc21)N1C2CCNCC1CC2. The number of hydrogen-bond donors (Lipinski definition) is 1. The minimum absolute atomic E-state index is 0.185. The van der Waals surface area contributed by atoms with E-state index in [2.05, 4.69) is 10.2 Å². The predicted octanol–water partition coefficient (Wildman–Crippen LogP) is 2.97. The van der Waals surface area contributed by atoms with Crippen LogP contribution in [0, 0.1) is 0 Å². The lowest BCUT2D eigenvalue weighted by Crippen LogP contribution is -2.44. The van der Waals surface area contributed by atoms with Crippen LogP contribution in [0.5, 0.6) is 5.75 Å². The number of amides is 1. The fourth-order valence-electron chi connectivity index (χ4n) is 4.68. The van der Waals surface area contributed by atoms with Gasteiger partial charge in [-0.3, -0.25) is 4.79 Å². The number of nitrogens with one attached hydrogen (secondary N) is 1. The normalized spacial score (nSPS) is 21.3. The summed E-state index contributed by atoms with van der Waals surface area (Å²) in [6, 6.07) is 18.4. The van der Waals surface area contributed by atoms with Crippen molar-refractivity contribution in [3.8, 4) is 5.75 Å². The Hall–Kier alpha value is -2.86. The molecule has 150 valence electrons. The molecule has 2 aromatic carbocycles. The van der Waals surface area contributed by atoms with Crippen LogP contribution >= 0.6 is 0 Å². The molecule has 2 atom stereocenters. The van der Waals surface area contributed by atoms with E-state index >= 15 is 0 Å². The minimum Gasteiger partial charge on any atom is -0.486 e. The summed E-state index contributed by atoms with van der Waals surface area (Å²) < 4.78 is 7.97. The molecule has 2 aliphatic heterocycles. The van der Waals surface area contributed by atoms with E-state index in [0.29, 0.717) is 25.2 Å². The van der Waals surface area contributed by atoms with Crippen molar-refractivity contribution >= 4 is 16.9 Å². The summed E-state index contributed by atoms with van der Waals surface area (Å²) in [6.07, 6.45) is 3.25. The Labute approximate surface area is 170 Å². The van der Waals surface area contributed by atoms with Crippen LogP contribution in [0.2, 0.25) is 0 Å². The Bertz CT molecular complexity index is 987. The first kappa shape index (κ1) is 18.2. The number of nitrogens with zero attached hydrogens (tertiary/aromatic N) is 3. The lowest BCUT2D eigenvalue weighted by atomic mass is 10.1. The quantitative estimate of drug-likeness (QED) is 0.728. The maximum Gasteiger partial charge on any atom is 0.243 e. The number of hydrogen-bond acceptors (Lipinski definition) is 4. The highest BCUT2D eigenvalue weighted by Gasteiger charge is 2.38. The van der Waals surface area contributed by atoms with Crippen molar-refractivity contribution in [1.29, 1.82) is 0 Å². The first-order valence-electron chi connectivity index (χ1n) is 10.4. The summed E-state index contributed by atoms with van der Waals surface area (Å²) in [6.45, 7) is 2.54. The standard InChI is InChI=1S/C23H26N4O2/c28-23(27-17-10-11-18(27)14-24-13-12-17)15-26-21-9-5-4-8-20(21)25-22(26)16-29-19-6-2-1-3-7-19/h1-9,17-18,24H,10-16H2. The third-order valence-corrected chi connectivity index (χ3v) is 6.08. The molecule has 0 spiro atoms. The molecule has 6 heteroatoms. The van der Waals surface area contributed by atoms with Crippen molar-refractivity contribution in [2.24, 2.45) is 0 Å². The molecule has 2 unspecified atom stereocenters. The van der Waals surface area contributed by atoms with E-state index in [-0.39, 0.29) is 5.91 Å². The Morgan fingerprint density at radius 1 is 1.03 bits per heavy atom. The predicted molar refractivity (Wildman–Crippen MR) is 112 cm³/mol. The molecule has 1 aromatic heterocycles. The summed E-state index contributed by atoms with van der Waals surface area (Å²) in [5.74, 6) is 1.77. The van der Waals surface area contributed by atoms with Crippen molar-refractivity contribution in [2.45, 2.75) is 44.5 Å². The van der Waals surface area contributed by atoms with Gasteiger partial charge in [-0.2, -0.15) is 0 Å². The molecule has 5 rings (SSSR count). The van der Waals surface area contributed by atoms with Gasteiger partial charge in [0.25, 0.3) is 0 Å². The number of carbonyl (C=O) groups is 1. The fraction of sp³-hybridized carbons (Fsp3) is 0.391. The lowest BCUT2D eigenvalue weighted by molar-refractivity contribution is -0.134. The summed E-state index contributed by atoms with van der Waals surface area (Å²) in [4.78, 5) is 20.2. The summed E-state index contributed by atoms with van der Waals surface area (Å²) in [5, 5.41) is 3.47. The summed E-state index contributed by atoms with van der Waals surface area (Å²) in [7, 11) is 0. The Balaban J connectivity index is 1.41. The zero-order chi connectivity index (χ0) is 19.6. The number of aromatic nitrogens is 2. The van der Waals surface area contributed by atoms with Crippen LogP contribution in [0.1, 0.15) is 25.1 Å². The molecule has 0 radical (unpaired) electrons. The fourth-order valence-corrected chi connectivity index (χ4v) is 4.68. The van der Waals surface area contributed by atoms with E-state index in [4.69, 9.17) is 9.72 Å². The van der Waals surface area contributed by atoms with Gasteiger partial charge in [0.15, 0.2) is 0 Å². The van der Waals surface area contributed by atoms with E-state index in [0.717, 1.165) is 55.0 Å². The Morgan fingerprint density at radius 3 is 2.72 bits per heavy atom. The molecule has 1 N–H and O–H groups in total. The van der Waals surface area contributed by atoms with E-state index in [1.165, 1.54) is 0 Å². The van der Waals surface area contributed by atoms with Gasteiger partial charge in [-0.15, -0.1) is 0 Å². The number of para-hydroxylation sites is 3. The van der Waals surface area contributed by atoms with Gasteiger partial charge >= 0.3 is 0 Å². The maximum absolute atomic E-state index is 13.4. The van der Waals surface area contributed by atoms with Gasteiger partial charge in [0.1, 0.15) is 24.7 Å². The highest BCUT2D eigenvalue weighted by atomic mass is 16.5. The maximum atomic E-state index is 13.4. The second-order valence-corrected chi connectivity index (χ2v) is 7.88. The van der Waals surface area contributed by atoms with Gasteiger partial charge in [0.05, 0.1) is 11.0 Å². The molecule has 3 heterocycles. The second kappa shape index (κ2) is 7.87. The van der Waals surface area contributed by atoms with Gasteiger partial charge < -0.3 is 19.5 Å². The van der Waals surface area contributed by atoms with Crippen LogP contribution in [-0.4, -0.2) is 45.5 Å². The number of fused-ring (bicyclic) bond motifs is 3. The molecule has 2 fully saturated rings. The van der Waals surface area contributed by atoms with E-state index < -0.39 is 0 Å². The van der Waals surface area contributed by atoms with Crippen LogP contribution in [0.3, 0.4) is 0 Å². The van der Waals surface area contributed by atoms with Gasteiger partial charge in [0.2, 0.25) is 5.91 Å². The molecule has 0 aliphatic carbocycles. The molecule has 0 saturated carbocycles. The number of carbonyl (C=O) groups excluding carboxylic acids is 1. The van der Waals surface area contributed by atoms with E-state index in [1.807, 2.05) is 59.2 Å². The monoisotopic (exact) mass is 390 g/mol. The third-order valence-electron chi connectivity index (χ3n) is 6.08. The van der Waals surface area contributed by atoms with Gasteiger partial charge in [-0.25, -0.2) is 4.98 Å². The number of rotatable bonds is 5. The van der Waals surface area contributed by atoms with Crippen molar-refractivity contribution in [2.75, 3.05) is 13.1 Å². The number of imidazole rings is 1. The van der Waals surface area contributed by atoms with Gasteiger partial charge in [0, 0.05) is 18.6 Å². The second-order valence-electron chi connectivity index (χ2n) is 7.88. The molecule has 2 saturated heterocycles. The summed E-state index contributed by atoms with van der Waals surface area (Å²) in [5.41, 5.74) is 1.88. The topological polar surface area (TPSA) is 59.4 Å². The average Bonchev–Trinajstić information content (AvgIpc) is 3.22. The lowest BCUT2D eigenvalue weighted by Gasteiger charge is -2.28. The molecule has 29 heavy (non-hydrogen) atoms. The molecule has 2 aliphatic rings. The van der Waals surface area contributed by atoms with E-state index in [9.17, 15) is 4.79 Å². The van der Waals surface area contributed by atoms with Gasteiger partial charge in [-0.1, -0.05) is 30.3 Å². The largest absolute Gasteiger partial charge is 0.486 e. The van der Waals surface area contributed by atoms with Crippen molar-refractivity contribution < 1.29 is 9.53 Å². The third kappa shape index (κ3) is 3.60.